The number of nitrogens with one attached hydrogen (secondary N) is 1. The van der Waals surface area contributed by atoms with E-state index in [4.69, 9.17) is 0 Å². The molecule has 3 heteroatoms. The molecular weight excluding hydrogens is 186 g/mol. The third-order valence-corrected chi connectivity index (χ3v) is 3.27. The number of piperazine rings is 1. The maximum atomic E-state index is 3.43. The van der Waals surface area contributed by atoms with E-state index in [0.717, 1.165) is 5.92 Å². The van der Waals surface area contributed by atoms with Crippen molar-refractivity contribution in [1.29, 1.82) is 0 Å². The van der Waals surface area contributed by atoms with E-state index >= 15 is 0 Å². The normalized spacial score (nSPS) is 28.6. The third kappa shape index (κ3) is 4.49. The molecule has 0 aromatic rings. The van der Waals surface area contributed by atoms with Crippen molar-refractivity contribution in [3.63, 3.8) is 0 Å². The van der Waals surface area contributed by atoms with Gasteiger partial charge in [-0.1, -0.05) is 13.8 Å². The summed E-state index contributed by atoms with van der Waals surface area (Å²) in [5.41, 5.74) is 0. The van der Waals surface area contributed by atoms with Gasteiger partial charge in [-0.25, -0.2) is 0 Å². The van der Waals surface area contributed by atoms with E-state index in [1.807, 2.05) is 13.8 Å². The fourth-order valence-corrected chi connectivity index (χ4v) is 2.27. The number of hydrogen-bond acceptors (Lipinski definition) is 3. The zero-order valence-corrected chi connectivity index (χ0v) is 10.6. The largest absolute Gasteiger partial charge is 0.316 e. The van der Waals surface area contributed by atoms with Crippen molar-refractivity contribution in [3.8, 4) is 0 Å². The van der Waals surface area contributed by atoms with Crippen LogP contribution >= 0.6 is 0 Å². The van der Waals surface area contributed by atoms with Gasteiger partial charge in [0.05, 0.1) is 0 Å². The summed E-state index contributed by atoms with van der Waals surface area (Å²) < 4.78 is 0. The maximum Gasteiger partial charge on any atom is 0.0110 e. The van der Waals surface area contributed by atoms with Crippen molar-refractivity contribution in [2.75, 3.05) is 52.9 Å². The second kappa shape index (κ2) is 7.20. The topological polar surface area (TPSA) is 18.5 Å². The molecule has 0 bridgehead atoms. The van der Waals surface area contributed by atoms with Crippen LogP contribution in [-0.2, 0) is 0 Å². The first kappa shape index (κ1) is 12.9. The number of nitrogens with zero attached hydrogens (tertiary/aromatic N) is 2. The van der Waals surface area contributed by atoms with E-state index in [0.29, 0.717) is 0 Å². The lowest BCUT2D eigenvalue weighted by Gasteiger charge is -2.33. The van der Waals surface area contributed by atoms with Crippen molar-refractivity contribution in [2.24, 2.45) is 5.92 Å². The van der Waals surface area contributed by atoms with Gasteiger partial charge >= 0.3 is 0 Å². The van der Waals surface area contributed by atoms with Crippen molar-refractivity contribution >= 4 is 0 Å². The van der Waals surface area contributed by atoms with E-state index in [-0.39, 0.29) is 0 Å². The SMILES string of the molecule is CC.CN1CCN(CC2CCNC2)CC1. The Balaban J connectivity index is 0.000000531. The average Bonchev–Trinajstić information content (AvgIpc) is 2.77. The van der Waals surface area contributed by atoms with E-state index in [1.54, 1.807) is 0 Å². The lowest BCUT2D eigenvalue weighted by Crippen LogP contribution is -2.46. The van der Waals surface area contributed by atoms with Crippen LogP contribution in [0.5, 0.6) is 0 Å². The molecule has 1 N–H and O–H groups in total. The first-order valence-electron chi connectivity index (χ1n) is 6.46. The fraction of sp³-hybridized carbons (Fsp3) is 1.00. The second-order valence-corrected chi connectivity index (χ2v) is 4.46. The van der Waals surface area contributed by atoms with Crippen molar-refractivity contribution < 1.29 is 0 Å². The van der Waals surface area contributed by atoms with Gasteiger partial charge < -0.3 is 15.1 Å². The van der Waals surface area contributed by atoms with Gasteiger partial charge in [-0.3, -0.25) is 0 Å². The highest BCUT2D eigenvalue weighted by atomic mass is 15.2. The lowest BCUT2D eigenvalue weighted by atomic mass is 10.1. The van der Waals surface area contributed by atoms with Crippen LogP contribution in [-0.4, -0.2) is 62.7 Å². The molecule has 1 atom stereocenters. The quantitative estimate of drug-likeness (QED) is 0.734. The predicted molar refractivity (Wildman–Crippen MR) is 66.3 cm³/mol. The van der Waals surface area contributed by atoms with Crippen molar-refractivity contribution in [1.82, 2.24) is 15.1 Å². The van der Waals surface area contributed by atoms with Crippen LogP contribution in [0.1, 0.15) is 20.3 Å². The summed E-state index contributed by atoms with van der Waals surface area (Å²) in [7, 11) is 2.22. The first-order valence-corrected chi connectivity index (χ1v) is 6.46. The Morgan fingerprint density at radius 1 is 1.13 bits per heavy atom. The average molecular weight is 213 g/mol. The molecule has 0 radical (unpaired) electrons. The van der Waals surface area contributed by atoms with E-state index in [1.165, 1.54) is 52.2 Å². The minimum atomic E-state index is 0.920. The van der Waals surface area contributed by atoms with Gasteiger partial charge in [0.2, 0.25) is 0 Å². The molecule has 2 fully saturated rings. The summed E-state index contributed by atoms with van der Waals surface area (Å²) in [6.07, 6.45) is 1.38. The number of hydrogen-bond donors (Lipinski definition) is 1. The van der Waals surface area contributed by atoms with Gasteiger partial charge in [-0.05, 0) is 32.5 Å². The van der Waals surface area contributed by atoms with Gasteiger partial charge in [0.25, 0.3) is 0 Å². The Labute approximate surface area is 94.8 Å². The standard InChI is InChI=1S/C10H21N3.C2H6/c1-12-4-6-13(7-5-12)9-10-2-3-11-8-10;1-2/h10-11H,2-9H2,1H3;1-2H3. The number of likely N-dealkylation sites (N-methyl/N-ethyl adjacent to an activating group) is 1. The summed E-state index contributed by atoms with van der Waals surface area (Å²) in [5, 5.41) is 3.43. The molecule has 0 saturated carbocycles. The molecule has 2 aliphatic heterocycles. The summed E-state index contributed by atoms with van der Waals surface area (Å²) in [4.78, 5) is 5.04. The van der Waals surface area contributed by atoms with Crippen molar-refractivity contribution in [3.05, 3.63) is 0 Å². The zero-order valence-electron chi connectivity index (χ0n) is 10.6. The third-order valence-electron chi connectivity index (χ3n) is 3.27. The molecule has 0 spiro atoms. The van der Waals surface area contributed by atoms with Gasteiger partial charge in [-0.2, -0.15) is 0 Å². The lowest BCUT2D eigenvalue weighted by molar-refractivity contribution is 0.139. The Morgan fingerprint density at radius 2 is 1.80 bits per heavy atom. The highest BCUT2D eigenvalue weighted by Gasteiger charge is 2.20. The minimum Gasteiger partial charge on any atom is -0.316 e. The van der Waals surface area contributed by atoms with Gasteiger partial charge in [0, 0.05) is 32.7 Å². The smallest absolute Gasteiger partial charge is 0.0110 e. The number of rotatable bonds is 2. The molecule has 90 valence electrons. The Morgan fingerprint density at radius 3 is 2.33 bits per heavy atom. The molecule has 2 heterocycles. The van der Waals surface area contributed by atoms with Gasteiger partial charge in [0.15, 0.2) is 0 Å². The second-order valence-electron chi connectivity index (χ2n) is 4.46. The predicted octanol–water partition coefficient (Wildman–Crippen LogP) is 0.870. The Kier molecular flexibility index (Phi) is 6.22. The summed E-state index contributed by atoms with van der Waals surface area (Å²) in [6.45, 7) is 12.8. The molecule has 0 aromatic heterocycles. The van der Waals surface area contributed by atoms with E-state index in [9.17, 15) is 0 Å². The summed E-state index contributed by atoms with van der Waals surface area (Å²) in [5.74, 6) is 0.920. The van der Waals surface area contributed by atoms with Crippen LogP contribution in [0.2, 0.25) is 0 Å². The molecule has 0 amide bonds. The highest BCUT2D eigenvalue weighted by molar-refractivity contribution is 4.77. The first-order chi connectivity index (χ1) is 7.34. The van der Waals surface area contributed by atoms with Gasteiger partial charge in [0.1, 0.15) is 0 Å². The zero-order chi connectivity index (χ0) is 11.1. The molecule has 2 rings (SSSR count). The monoisotopic (exact) mass is 213 g/mol. The molecule has 1 unspecified atom stereocenters. The van der Waals surface area contributed by atoms with Crippen LogP contribution in [0.15, 0.2) is 0 Å². The summed E-state index contributed by atoms with van der Waals surface area (Å²) >= 11 is 0. The highest BCUT2D eigenvalue weighted by Crippen LogP contribution is 2.10. The molecule has 2 saturated heterocycles. The maximum absolute atomic E-state index is 3.43. The van der Waals surface area contributed by atoms with Crippen LogP contribution < -0.4 is 5.32 Å². The van der Waals surface area contributed by atoms with E-state index in [2.05, 4.69) is 22.2 Å². The molecule has 2 aliphatic rings. The molecule has 0 aromatic carbocycles. The Bertz CT molecular complexity index is 147. The molecule has 3 nitrogen and oxygen atoms in total. The van der Waals surface area contributed by atoms with Crippen LogP contribution in [0, 0.1) is 5.92 Å². The van der Waals surface area contributed by atoms with Gasteiger partial charge in [-0.15, -0.1) is 0 Å². The Hall–Kier alpha value is -0.120. The van der Waals surface area contributed by atoms with Crippen LogP contribution in [0.4, 0.5) is 0 Å². The van der Waals surface area contributed by atoms with E-state index < -0.39 is 0 Å². The van der Waals surface area contributed by atoms with Crippen LogP contribution in [0.25, 0.3) is 0 Å². The molecule has 0 aliphatic carbocycles. The van der Waals surface area contributed by atoms with Crippen LogP contribution in [0.3, 0.4) is 0 Å². The minimum absolute atomic E-state index is 0.920. The van der Waals surface area contributed by atoms with Crippen molar-refractivity contribution in [2.45, 2.75) is 20.3 Å². The molecule has 15 heavy (non-hydrogen) atoms. The fourth-order valence-electron chi connectivity index (χ4n) is 2.27. The molecular formula is C12H27N3. The summed E-state index contributed by atoms with van der Waals surface area (Å²) in [6, 6.07) is 0.